The van der Waals surface area contributed by atoms with Gasteiger partial charge < -0.3 is 15.8 Å². The van der Waals surface area contributed by atoms with Crippen molar-refractivity contribution >= 4 is 11.8 Å². The van der Waals surface area contributed by atoms with Crippen molar-refractivity contribution < 1.29 is 13.9 Å². The summed E-state index contributed by atoms with van der Waals surface area (Å²) in [6.07, 6.45) is 1.26. The Morgan fingerprint density at radius 3 is 2.47 bits per heavy atom. The van der Waals surface area contributed by atoms with Gasteiger partial charge in [0.15, 0.2) is 0 Å². The highest BCUT2D eigenvalue weighted by atomic mass is 19.1. The summed E-state index contributed by atoms with van der Waals surface area (Å²) >= 11 is 0. The van der Waals surface area contributed by atoms with Crippen molar-refractivity contribution in [3.8, 4) is 23.0 Å². The molecule has 0 fully saturated rings. The molecule has 30 heavy (non-hydrogen) atoms. The van der Waals surface area contributed by atoms with Gasteiger partial charge in [0.2, 0.25) is 5.95 Å². The average Bonchev–Trinajstić information content (AvgIpc) is 3.08. The highest BCUT2D eigenvalue weighted by molar-refractivity contribution is 5.79. The summed E-state index contributed by atoms with van der Waals surface area (Å²) < 4.78 is 18.5. The number of hydrogen-bond donors (Lipinski definition) is 2. The van der Waals surface area contributed by atoms with Gasteiger partial charge in [-0.2, -0.15) is 4.39 Å². The summed E-state index contributed by atoms with van der Waals surface area (Å²) in [4.78, 5) is 15.6. The van der Waals surface area contributed by atoms with Gasteiger partial charge in [-0.15, -0.1) is 0 Å². The molecule has 1 amide bonds. The molecule has 4 rings (SSSR count). The second-order valence-corrected chi connectivity index (χ2v) is 6.91. The molecule has 3 aromatic rings. The summed E-state index contributed by atoms with van der Waals surface area (Å²) in [6, 6.07) is 17.8. The van der Waals surface area contributed by atoms with Crippen molar-refractivity contribution in [2.24, 2.45) is 0 Å². The maximum atomic E-state index is 13.0. The van der Waals surface area contributed by atoms with Crippen molar-refractivity contribution in [2.45, 2.75) is 12.3 Å². The minimum absolute atomic E-state index is 0.0272. The number of halogens is 1. The Kier molecular flexibility index (Phi) is 5.62. The van der Waals surface area contributed by atoms with Crippen LogP contribution in [0.4, 0.5) is 14.9 Å². The van der Waals surface area contributed by atoms with E-state index in [-0.39, 0.29) is 18.2 Å². The lowest BCUT2D eigenvalue weighted by molar-refractivity contribution is 0.143. The van der Waals surface area contributed by atoms with E-state index in [0.717, 1.165) is 0 Å². The lowest BCUT2D eigenvalue weighted by Gasteiger charge is -2.14. The fourth-order valence-corrected chi connectivity index (χ4v) is 3.57. The zero-order chi connectivity index (χ0) is 20.9. The number of fused-ring (bicyclic) bond motifs is 3. The molecule has 0 unspecified atom stereocenters. The monoisotopic (exact) mass is 401 g/mol. The van der Waals surface area contributed by atoms with Gasteiger partial charge in [-0.1, -0.05) is 60.4 Å². The Morgan fingerprint density at radius 1 is 1.13 bits per heavy atom. The SMILES string of the molecule is Nc1cc(C#CCCNC(=O)OCC2c3ccccc3-c3ccccc32)cnc1F. The fraction of sp³-hybridized carbons (Fsp3) is 0.167. The van der Waals surface area contributed by atoms with Gasteiger partial charge >= 0.3 is 6.09 Å². The first kappa shape index (κ1) is 19.5. The molecule has 0 aliphatic heterocycles. The van der Waals surface area contributed by atoms with Gasteiger partial charge in [0.05, 0.1) is 5.69 Å². The highest BCUT2D eigenvalue weighted by Crippen LogP contribution is 2.44. The molecular formula is C24H20FN3O2. The predicted octanol–water partition coefficient (Wildman–Crippen LogP) is 4.08. The molecule has 0 saturated heterocycles. The number of pyridine rings is 1. The Bertz CT molecular complexity index is 1100. The number of anilines is 1. The fourth-order valence-electron chi connectivity index (χ4n) is 3.57. The second kappa shape index (κ2) is 8.66. The Balaban J connectivity index is 1.29. The molecule has 1 aliphatic rings. The third-order valence-corrected chi connectivity index (χ3v) is 4.96. The molecule has 0 saturated carbocycles. The molecule has 1 heterocycles. The Hall–Kier alpha value is -3.85. The smallest absolute Gasteiger partial charge is 0.407 e. The predicted molar refractivity (Wildman–Crippen MR) is 113 cm³/mol. The van der Waals surface area contributed by atoms with Crippen molar-refractivity contribution in [3.05, 3.63) is 83.4 Å². The molecule has 6 heteroatoms. The van der Waals surface area contributed by atoms with Gasteiger partial charge in [-0.05, 0) is 28.3 Å². The quantitative estimate of drug-likeness (QED) is 0.392. The maximum Gasteiger partial charge on any atom is 0.407 e. The number of benzene rings is 2. The van der Waals surface area contributed by atoms with E-state index in [1.807, 2.05) is 24.3 Å². The first-order valence-corrected chi connectivity index (χ1v) is 9.62. The minimum Gasteiger partial charge on any atom is -0.449 e. The molecule has 0 radical (unpaired) electrons. The molecule has 0 bridgehead atoms. The molecular weight excluding hydrogens is 381 g/mol. The number of nitrogens with zero attached hydrogens (tertiary/aromatic N) is 1. The molecule has 1 aromatic heterocycles. The van der Waals surface area contributed by atoms with Crippen molar-refractivity contribution in [1.29, 1.82) is 0 Å². The van der Waals surface area contributed by atoms with Gasteiger partial charge in [0.25, 0.3) is 0 Å². The standard InChI is InChI=1S/C24H20FN3O2/c25-23-22(26)13-16(14-28-23)7-5-6-12-27-24(29)30-15-21-19-10-3-1-8-17(19)18-9-2-4-11-20(18)21/h1-4,8-11,13-14,21H,6,12,15,26H2,(H,27,29). The van der Waals surface area contributed by atoms with Gasteiger partial charge in [0.1, 0.15) is 6.61 Å². The molecule has 0 spiro atoms. The zero-order valence-corrected chi connectivity index (χ0v) is 16.2. The molecule has 0 atom stereocenters. The normalized spacial score (nSPS) is 11.8. The van der Waals surface area contributed by atoms with E-state index < -0.39 is 12.0 Å². The van der Waals surface area contributed by atoms with Crippen LogP contribution in [0.25, 0.3) is 11.1 Å². The van der Waals surface area contributed by atoms with Crippen LogP contribution < -0.4 is 11.1 Å². The number of amides is 1. The van der Waals surface area contributed by atoms with Crippen LogP contribution in [0.15, 0.2) is 60.8 Å². The van der Waals surface area contributed by atoms with Crippen LogP contribution in [0.3, 0.4) is 0 Å². The molecule has 1 aliphatic carbocycles. The van der Waals surface area contributed by atoms with Crippen LogP contribution in [-0.2, 0) is 4.74 Å². The highest BCUT2D eigenvalue weighted by Gasteiger charge is 2.28. The van der Waals surface area contributed by atoms with Crippen LogP contribution in [0.2, 0.25) is 0 Å². The number of carbonyl (C=O) groups is 1. The van der Waals surface area contributed by atoms with Crippen LogP contribution >= 0.6 is 0 Å². The number of nitrogens with two attached hydrogens (primary N) is 1. The summed E-state index contributed by atoms with van der Waals surface area (Å²) in [7, 11) is 0. The number of hydrogen-bond acceptors (Lipinski definition) is 4. The van der Waals surface area contributed by atoms with Crippen molar-refractivity contribution in [2.75, 3.05) is 18.9 Å². The van der Waals surface area contributed by atoms with E-state index in [9.17, 15) is 9.18 Å². The number of nitrogen functional groups attached to an aromatic ring is 1. The van der Waals surface area contributed by atoms with E-state index in [2.05, 4.69) is 46.4 Å². The topological polar surface area (TPSA) is 77.2 Å². The van der Waals surface area contributed by atoms with Crippen molar-refractivity contribution in [1.82, 2.24) is 10.3 Å². The number of carbonyl (C=O) groups excluding carboxylic acids is 1. The van der Waals surface area contributed by atoms with E-state index in [0.29, 0.717) is 18.5 Å². The third kappa shape index (κ3) is 4.11. The van der Waals surface area contributed by atoms with Crippen LogP contribution in [0.5, 0.6) is 0 Å². The first-order valence-electron chi connectivity index (χ1n) is 9.62. The van der Waals surface area contributed by atoms with E-state index in [1.54, 1.807) is 0 Å². The van der Waals surface area contributed by atoms with E-state index >= 15 is 0 Å². The number of rotatable bonds is 4. The van der Waals surface area contributed by atoms with Gasteiger partial charge in [-0.25, -0.2) is 9.78 Å². The molecule has 150 valence electrons. The van der Waals surface area contributed by atoms with Crippen molar-refractivity contribution in [3.63, 3.8) is 0 Å². The number of alkyl carbamates (subject to hydrolysis) is 1. The third-order valence-electron chi connectivity index (χ3n) is 4.96. The molecule has 3 N–H and O–H groups in total. The zero-order valence-electron chi connectivity index (χ0n) is 16.2. The summed E-state index contributed by atoms with van der Waals surface area (Å²) in [5, 5.41) is 2.70. The number of nitrogens with one attached hydrogen (secondary N) is 1. The van der Waals surface area contributed by atoms with Gasteiger partial charge in [-0.3, -0.25) is 0 Å². The number of ether oxygens (including phenoxy) is 1. The summed E-state index contributed by atoms with van der Waals surface area (Å²) in [5.74, 6) is 5.04. The van der Waals surface area contributed by atoms with E-state index in [1.165, 1.54) is 34.5 Å². The number of aromatic nitrogens is 1. The maximum absolute atomic E-state index is 13.0. The van der Waals surface area contributed by atoms with Crippen LogP contribution in [0.1, 0.15) is 29.0 Å². The Morgan fingerprint density at radius 2 is 1.80 bits per heavy atom. The second-order valence-electron chi connectivity index (χ2n) is 6.91. The van der Waals surface area contributed by atoms with Crippen LogP contribution in [-0.4, -0.2) is 24.2 Å². The largest absolute Gasteiger partial charge is 0.449 e. The van der Waals surface area contributed by atoms with Gasteiger partial charge in [0, 0.05) is 30.6 Å². The summed E-state index contributed by atoms with van der Waals surface area (Å²) in [6.45, 7) is 0.611. The lowest BCUT2D eigenvalue weighted by atomic mass is 9.98. The molecule has 5 nitrogen and oxygen atoms in total. The molecule has 2 aromatic carbocycles. The lowest BCUT2D eigenvalue weighted by Crippen LogP contribution is -2.26. The average molecular weight is 401 g/mol. The minimum atomic E-state index is -0.711. The van der Waals surface area contributed by atoms with Crippen LogP contribution in [0, 0.1) is 17.8 Å². The van der Waals surface area contributed by atoms with E-state index in [4.69, 9.17) is 10.5 Å². The first-order chi connectivity index (χ1) is 14.6. The Labute approximate surface area is 174 Å². The summed E-state index contributed by atoms with van der Waals surface area (Å²) in [5.41, 5.74) is 10.7.